The highest BCUT2D eigenvalue weighted by atomic mass is 15.1. The van der Waals surface area contributed by atoms with Gasteiger partial charge in [-0.3, -0.25) is 0 Å². The predicted octanol–water partition coefficient (Wildman–Crippen LogP) is 15.4. The molecule has 0 heterocycles. The Morgan fingerprint density at radius 1 is 0.305 bits per heavy atom. The molecule has 0 N–H and O–H groups in total. The smallest absolute Gasteiger partial charge is 0.0727 e. The fourth-order valence-corrected chi connectivity index (χ4v) is 9.94. The number of nitrogens with zero attached hydrogens (tertiary/aromatic N) is 2. The molecular formula is C57H44N2. The molecule has 0 amide bonds. The van der Waals surface area contributed by atoms with Gasteiger partial charge in [-0.15, -0.1) is 0 Å². The van der Waals surface area contributed by atoms with E-state index in [1.54, 1.807) is 0 Å². The van der Waals surface area contributed by atoms with Crippen LogP contribution in [0.5, 0.6) is 0 Å². The highest BCUT2D eigenvalue weighted by Gasteiger charge is 2.52. The maximum absolute atomic E-state index is 2.54. The quantitative estimate of drug-likeness (QED) is 0.167. The molecular weight excluding hydrogens is 713 g/mol. The standard InChI is InChI=1S/C57H44N2/c1-37-17-25-41(26-18-37)58(42-27-19-38(2)20-28-42)45-33-34-50-53(35-45)57(51-15-9-7-11-46(51)47-12-8-10-16-52(47)57)54-36-55(48-13-5-6-14-49(48)56(50)54)59(43-29-21-39(3)22-30-43)44-31-23-40(4)24-32-44/h5-36H,1-4H3. The summed E-state index contributed by atoms with van der Waals surface area (Å²) in [5.41, 5.74) is 21.7. The van der Waals surface area contributed by atoms with Crippen LogP contribution in [0.25, 0.3) is 33.0 Å². The zero-order chi connectivity index (χ0) is 39.8. The Kier molecular flexibility index (Phi) is 8.00. The van der Waals surface area contributed by atoms with E-state index in [9.17, 15) is 0 Å². The maximum atomic E-state index is 2.54. The summed E-state index contributed by atoms with van der Waals surface area (Å²) in [5.74, 6) is 0. The van der Waals surface area contributed by atoms with E-state index in [4.69, 9.17) is 0 Å². The molecule has 282 valence electrons. The molecule has 9 aromatic carbocycles. The van der Waals surface area contributed by atoms with Crippen LogP contribution in [0, 0.1) is 27.7 Å². The third kappa shape index (κ3) is 5.33. The SMILES string of the molecule is Cc1ccc(N(c2ccc(C)cc2)c2ccc3c(c2)C2(c4ccccc4-c4ccccc42)c2cc(N(c4ccc(C)cc4)c4ccc(C)cc4)c4ccccc4c2-3)cc1. The monoisotopic (exact) mass is 756 g/mol. The summed E-state index contributed by atoms with van der Waals surface area (Å²) >= 11 is 0. The largest absolute Gasteiger partial charge is 0.310 e. The molecule has 0 bridgehead atoms. The fourth-order valence-electron chi connectivity index (χ4n) is 9.94. The molecule has 2 aliphatic rings. The highest BCUT2D eigenvalue weighted by Crippen LogP contribution is 2.65. The Hall–Kier alpha value is -7.16. The molecule has 0 aliphatic heterocycles. The van der Waals surface area contributed by atoms with E-state index in [0.29, 0.717) is 0 Å². The lowest BCUT2D eigenvalue weighted by Gasteiger charge is -2.34. The highest BCUT2D eigenvalue weighted by molar-refractivity contribution is 6.12. The predicted molar refractivity (Wildman–Crippen MR) is 249 cm³/mol. The van der Waals surface area contributed by atoms with Gasteiger partial charge in [0, 0.05) is 33.8 Å². The van der Waals surface area contributed by atoms with Crippen molar-refractivity contribution in [2.75, 3.05) is 9.80 Å². The van der Waals surface area contributed by atoms with Crippen LogP contribution in [-0.2, 0) is 5.41 Å². The summed E-state index contributed by atoms with van der Waals surface area (Å²) in [6.07, 6.45) is 0. The molecule has 2 nitrogen and oxygen atoms in total. The van der Waals surface area contributed by atoms with E-state index in [1.165, 1.54) is 83.2 Å². The molecule has 11 rings (SSSR count). The molecule has 2 aliphatic carbocycles. The Labute approximate surface area is 347 Å². The van der Waals surface area contributed by atoms with Crippen LogP contribution < -0.4 is 9.80 Å². The number of anilines is 6. The first-order valence-corrected chi connectivity index (χ1v) is 20.7. The third-order valence-electron chi connectivity index (χ3n) is 12.7. The summed E-state index contributed by atoms with van der Waals surface area (Å²) in [6, 6.07) is 72.9. The molecule has 59 heavy (non-hydrogen) atoms. The molecule has 0 fully saturated rings. The van der Waals surface area contributed by atoms with Gasteiger partial charge in [0.25, 0.3) is 0 Å². The zero-order valence-electron chi connectivity index (χ0n) is 33.9. The Morgan fingerprint density at radius 3 is 1.20 bits per heavy atom. The minimum absolute atomic E-state index is 0.564. The number of hydrogen-bond donors (Lipinski definition) is 0. The lowest BCUT2D eigenvalue weighted by Crippen LogP contribution is -2.26. The van der Waals surface area contributed by atoms with Crippen LogP contribution in [0.2, 0.25) is 0 Å². The summed E-state index contributed by atoms with van der Waals surface area (Å²) < 4.78 is 0. The Morgan fingerprint density at radius 2 is 0.712 bits per heavy atom. The van der Waals surface area contributed by atoms with E-state index in [-0.39, 0.29) is 0 Å². The summed E-state index contributed by atoms with van der Waals surface area (Å²) in [4.78, 5) is 4.88. The molecule has 0 atom stereocenters. The van der Waals surface area contributed by atoms with Gasteiger partial charge in [-0.25, -0.2) is 0 Å². The molecule has 2 heteroatoms. The van der Waals surface area contributed by atoms with Crippen LogP contribution in [0.15, 0.2) is 194 Å². The van der Waals surface area contributed by atoms with Crippen LogP contribution in [-0.4, -0.2) is 0 Å². The lowest BCUT2D eigenvalue weighted by molar-refractivity contribution is 0.794. The van der Waals surface area contributed by atoms with Gasteiger partial charge < -0.3 is 9.80 Å². The number of fused-ring (bicyclic) bond motifs is 12. The van der Waals surface area contributed by atoms with Gasteiger partial charge in [0.05, 0.1) is 11.1 Å². The van der Waals surface area contributed by atoms with E-state index < -0.39 is 5.41 Å². The second-order valence-corrected chi connectivity index (χ2v) is 16.4. The number of benzene rings is 9. The molecule has 0 unspecified atom stereocenters. The first-order valence-electron chi connectivity index (χ1n) is 20.7. The van der Waals surface area contributed by atoms with E-state index in [1.807, 2.05) is 0 Å². The second kappa shape index (κ2) is 13.5. The van der Waals surface area contributed by atoms with Crippen molar-refractivity contribution in [3.05, 3.63) is 239 Å². The van der Waals surface area contributed by atoms with Gasteiger partial charge >= 0.3 is 0 Å². The van der Waals surface area contributed by atoms with Gasteiger partial charge in [-0.05, 0) is 144 Å². The van der Waals surface area contributed by atoms with Crippen molar-refractivity contribution in [3.8, 4) is 22.3 Å². The number of aryl methyl sites for hydroxylation is 4. The molecule has 0 saturated heterocycles. The van der Waals surface area contributed by atoms with Crippen molar-refractivity contribution in [2.24, 2.45) is 0 Å². The van der Waals surface area contributed by atoms with Crippen LogP contribution in [0.3, 0.4) is 0 Å². The minimum atomic E-state index is -0.564. The van der Waals surface area contributed by atoms with Crippen molar-refractivity contribution in [1.29, 1.82) is 0 Å². The van der Waals surface area contributed by atoms with Crippen molar-refractivity contribution < 1.29 is 0 Å². The van der Waals surface area contributed by atoms with Crippen molar-refractivity contribution in [1.82, 2.24) is 0 Å². The number of hydrogen-bond acceptors (Lipinski definition) is 2. The van der Waals surface area contributed by atoms with Gasteiger partial charge in [0.15, 0.2) is 0 Å². The minimum Gasteiger partial charge on any atom is -0.310 e. The number of rotatable bonds is 6. The van der Waals surface area contributed by atoms with Gasteiger partial charge in [0.1, 0.15) is 0 Å². The molecule has 9 aromatic rings. The van der Waals surface area contributed by atoms with Crippen molar-refractivity contribution >= 4 is 44.9 Å². The topological polar surface area (TPSA) is 6.48 Å². The average Bonchev–Trinajstić information content (AvgIpc) is 3.73. The molecule has 1 spiro atoms. The maximum Gasteiger partial charge on any atom is 0.0727 e. The Bertz CT molecular complexity index is 2930. The molecule has 0 aromatic heterocycles. The first-order chi connectivity index (χ1) is 28.9. The summed E-state index contributed by atoms with van der Waals surface area (Å²) in [7, 11) is 0. The Balaban J connectivity index is 1.25. The van der Waals surface area contributed by atoms with Crippen molar-refractivity contribution in [3.63, 3.8) is 0 Å². The lowest BCUT2D eigenvalue weighted by atomic mass is 9.70. The van der Waals surface area contributed by atoms with Gasteiger partial charge in [-0.1, -0.05) is 150 Å². The summed E-state index contributed by atoms with van der Waals surface area (Å²) in [6.45, 7) is 8.63. The van der Waals surface area contributed by atoms with Crippen LogP contribution in [0.1, 0.15) is 44.5 Å². The van der Waals surface area contributed by atoms with Gasteiger partial charge in [-0.2, -0.15) is 0 Å². The second-order valence-electron chi connectivity index (χ2n) is 16.4. The van der Waals surface area contributed by atoms with Gasteiger partial charge in [0.2, 0.25) is 0 Å². The van der Waals surface area contributed by atoms with E-state index >= 15 is 0 Å². The third-order valence-corrected chi connectivity index (χ3v) is 12.7. The van der Waals surface area contributed by atoms with E-state index in [2.05, 4.69) is 232 Å². The zero-order valence-corrected chi connectivity index (χ0v) is 33.9. The molecule has 0 saturated carbocycles. The molecule has 0 radical (unpaired) electrons. The fraction of sp³-hybridized carbons (Fsp3) is 0.0877. The van der Waals surface area contributed by atoms with E-state index in [0.717, 1.165) is 28.4 Å². The normalized spacial score (nSPS) is 12.9. The average molecular weight is 757 g/mol. The van der Waals surface area contributed by atoms with Crippen LogP contribution in [0.4, 0.5) is 34.1 Å². The van der Waals surface area contributed by atoms with Crippen LogP contribution >= 0.6 is 0 Å². The summed E-state index contributed by atoms with van der Waals surface area (Å²) in [5, 5.41) is 2.48. The van der Waals surface area contributed by atoms with Crippen molar-refractivity contribution in [2.45, 2.75) is 33.1 Å². The first kappa shape index (κ1) is 35.0.